The number of hydrogen-bond acceptors (Lipinski definition) is 16. The molecule has 3 fully saturated rings. The predicted octanol–water partition coefficient (Wildman–Crippen LogP) is -1.78. The fourth-order valence-electron chi connectivity index (χ4n) is 6.85. The molecule has 1 aliphatic carbocycles. The smallest absolute Gasteiger partial charge is 0.407 e. The maximum Gasteiger partial charge on any atom is 0.407 e. The number of nitrogens with one attached hydrogen (secondary N) is 3. The van der Waals surface area contributed by atoms with Crippen molar-refractivity contribution in [3.63, 3.8) is 0 Å². The Kier molecular flexibility index (Phi) is 15.8. The average Bonchev–Trinajstić information content (AvgIpc) is 3.21. The molecule has 10 N–H and O–H groups in total. The molecule has 5 rings (SSSR count). The highest BCUT2D eigenvalue weighted by Crippen LogP contribution is 2.34. The van der Waals surface area contributed by atoms with Gasteiger partial charge >= 0.3 is 12.2 Å². The number of carbonyl (C=O) groups is 2. The zero-order chi connectivity index (χ0) is 40.4. The number of aliphatic hydroxyl groups excluding tert-OH is 7. The minimum absolute atomic E-state index is 0.0204. The number of ether oxygens (including phenoxy) is 6. The molecule has 6 unspecified atom stereocenters. The Morgan fingerprint density at radius 1 is 0.732 bits per heavy atom. The average molecular weight is 790 g/mol. The molecule has 1 saturated carbocycles. The molecule has 56 heavy (non-hydrogen) atoms. The topological polar surface area (TPSA) is 267 Å². The molecule has 2 aromatic carbocycles. The molecule has 2 amide bonds. The first-order valence-electron chi connectivity index (χ1n) is 18.3. The van der Waals surface area contributed by atoms with Crippen LogP contribution in [0.15, 0.2) is 60.7 Å². The maximum atomic E-state index is 13.2. The summed E-state index contributed by atoms with van der Waals surface area (Å²) in [6.45, 7) is 0.383. The molecular weight excluding hydrogens is 738 g/mol. The van der Waals surface area contributed by atoms with E-state index in [-0.39, 0.29) is 26.2 Å². The molecule has 3 aliphatic rings. The summed E-state index contributed by atoms with van der Waals surface area (Å²) in [7, 11) is 0. The minimum Gasteiger partial charge on any atom is -0.445 e. The van der Waals surface area contributed by atoms with Crippen LogP contribution in [-0.4, -0.2) is 153 Å². The lowest BCUT2D eigenvalue weighted by Crippen LogP contribution is -2.69. The molecule has 18 nitrogen and oxygen atoms in total. The molecule has 2 aliphatic heterocycles. The number of amides is 2. The molecular formula is C38H51N3O15. The number of carbonyl (C=O) groups excluding carboxylic acids is 2. The third-order valence-corrected chi connectivity index (χ3v) is 10.1. The Bertz CT molecular complexity index is 1570. The van der Waals surface area contributed by atoms with Gasteiger partial charge in [0, 0.05) is 18.5 Å². The monoisotopic (exact) mass is 789 g/mol. The Morgan fingerprint density at radius 2 is 1.29 bits per heavy atom. The molecule has 2 saturated heterocycles. The van der Waals surface area contributed by atoms with Crippen molar-refractivity contribution in [1.82, 2.24) is 16.0 Å². The summed E-state index contributed by atoms with van der Waals surface area (Å²) in [4.78, 5) is 25.6. The molecule has 15 atom stereocenters. The van der Waals surface area contributed by atoms with Crippen molar-refractivity contribution in [3.05, 3.63) is 71.8 Å². The van der Waals surface area contributed by atoms with E-state index in [1.165, 1.54) is 6.92 Å². The molecule has 0 spiro atoms. The lowest BCUT2D eigenvalue weighted by molar-refractivity contribution is -0.336. The number of rotatable bonds is 14. The summed E-state index contributed by atoms with van der Waals surface area (Å²) in [5, 5.41) is 84.0. The van der Waals surface area contributed by atoms with Gasteiger partial charge < -0.3 is 80.1 Å². The third kappa shape index (κ3) is 10.9. The highest BCUT2D eigenvalue weighted by atomic mass is 16.7. The number of aliphatic hydroxyl groups is 7. The maximum absolute atomic E-state index is 13.2. The zero-order valence-corrected chi connectivity index (χ0v) is 30.7. The van der Waals surface area contributed by atoms with E-state index in [0.29, 0.717) is 5.56 Å². The van der Waals surface area contributed by atoms with E-state index in [2.05, 4.69) is 21.9 Å². The second-order valence-corrected chi connectivity index (χ2v) is 14.0. The summed E-state index contributed by atoms with van der Waals surface area (Å²) in [5.41, 5.74) is 1.42. The Morgan fingerprint density at radius 3 is 1.88 bits per heavy atom. The zero-order valence-electron chi connectivity index (χ0n) is 30.7. The van der Waals surface area contributed by atoms with Crippen LogP contribution in [0.4, 0.5) is 9.59 Å². The van der Waals surface area contributed by atoms with Crippen LogP contribution >= 0.6 is 0 Å². The molecule has 18 heteroatoms. The van der Waals surface area contributed by atoms with E-state index < -0.39 is 117 Å². The fourth-order valence-corrected chi connectivity index (χ4v) is 6.85. The molecule has 2 heterocycles. The number of alkyl carbamates (subject to hydrolysis) is 2. The lowest BCUT2D eigenvalue weighted by Gasteiger charge is -2.49. The number of benzene rings is 2. The summed E-state index contributed by atoms with van der Waals surface area (Å²) in [6, 6.07) is 15.8. The summed E-state index contributed by atoms with van der Waals surface area (Å²) >= 11 is 0. The van der Waals surface area contributed by atoms with Crippen LogP contribution in [0.1, 0.15) is 24.5 Å². The number of hydrogen-bond donors (Lipinski definition) is 10. The minimum atomic E-state index is -1.89. The van der Waals surface area contributed by atoms with Crippen molar-refractivity contribution in [3.8, 4) is 12.3 Å². The first-order chi connectivity index (χ1) is 26.9. The van der Waals surface area contributed by atoms with Crippen LogP contribution in [0.2, 0.25) is 0 Å². The van der Waals surface area contributed by atoms with Crippen LogP contribution in [0.25, 0.3) is 0 Å². The first kappa shape index (κ1) is 43.2. The van der Waals surface area contributed by atoms with E-state index in [4.69, 9.17) is 34.8 Å². The van der Waals surface area contributed by atoms with Gasteiger partial charge in [-0.15, -0.1) is 6.42 Å². The molecule has 308 valence electrons. The van der Waals surface area contributed by atoms with Crippen molar-refractivity contribution >= 4 is 12.2 Å². The SMILES string of the molecule is C#CCN[C@@H]1CC(NC(=O)OCc2ccccc2)[C@@H](O[C@H]2OC(CNC(=O)OCc3ccccc3)[C@@H](O)C(O)[C@@H]2O)C(O)[C@@H]1OC1O[C@H](CO)[C@@H](O)C(C)[C@H]1O. The summed E-state index contributed by atoms with van der Waals surface area (Å²) in [5.74, 6) is 1.62. The van der Waals surface area contributed by atoms with Gasteiger partial charge in [0.2, 0.25) is 0 Å². The van der Waals surface area contributed by atoms with Crippen LogP contribution in [-0.2, 0) is 41.6 Å². The van der Waals surface area contributed by atoms with E-state index in [1.807, 2.05) is 6.07 Å². The normalized spacial score (nSPS) is 35.8. The fraction of sp³-hybridized carbons (Fsp3) is 0.579. The van der Waals surface area contributed by atoms with Gasteiger partial charge in [-0.25, -0.2) is 9.59 Å². The van der Waals surface area contributed by atoms with Gasteiger partial charge in [-0.1, -0.05) is 73.5 Å². The molecule has 0 radical (unpaired) electrons. The van der Waals surface area contributed by atoms with Crippen LogP contribution in [0.5, 0.6) is 0 Å². The summed E-state index contributed by atoms with van der Waals surface area (Å²) < 4.78 is 34.4. The van der Waals surface area contributed by atoms with Gasteiger partial charge in [-0.05, 0) is 17.5 Å². The van der Waals surface area contributed by atoms with E-state index >= 15 is 0 Å². The molecule has 0 aromatic heterocycles. The van der Waals surface area contributed by atoms with Crippen LogP contribution in [0.3, 0.4) is 0 Å². The number of terminal acetylenes is 1. The predicted molar refractivity (Wildman–Crippen MR) is 193 cm³/mol. The van der Waals surface area contributed by atoms with Gasteiger partial charge in [0.1, 0.15) is 68.1 Å². The van der Waals surface area contributed by atoms with E-state index in [1.54, 1.807) is 54.6 Å². The van der Waals surface area contributed by atoms with Crippen molar-refractivity contribution in [2.75, 3.05) is 19.7 Å². The molecule has 0 bridgehead atoms. The van der Waals surface area contributed by atoms with E-state index in [0.717, 1.165) is 5.56 Å². The van der Waals surface area contributed by atoms with E-state index in [9.17, 15) is 45.3 Å². The standard InChI is InChI=1S/C38H51N3O15/c1-3-14-39-23-15-24(41-38(50)52-19-22-12-8-5-9-13-22)34(32(48)33(23)55-35-28(44)20(2)27(43)26(17-42)54-35)56-36-31(47)30(46)29(45)25(53-36)16-40-37(49)51-18-21-10-6-4-7-11-21/h1,4-13,20,23-36,39,42-48H,14-19H2,2H3,(H,40,49)(H,41,50)/t20?,23-,24?,25?,26-,27+,28-,29-,30?,31+,32?,33-,34-,35?,36-/m1/s1. The van der Waals surface area contributed by atoms with Crippen molar-refractivity contribution in [1.29, 1.82) is 0 Å². The first-order valence-corrected chi connectivity index (χ1v) is 18.3. The van der Waals surface area contributed by atoms with Crippen molar-refractivity contribution in [2.45, 2.75) is 112 Å². The quantitative estimate of drug-likeness (QED) is 0.0949. The van der Waals surface area contributed by atoms with Gasteiger partial charge in [0.05, 0.1) is 25.3 Å². The highest BCUT2D eigenvalue weighted by molar-refractivity contribution is 5.68. The second-order valence-electron chi connectivity index (χ2n) is 14.0. The Hall–Kier alpha value is -3.94. The largest absolute Gasteiger partial charge is 0.445 e. The van der Waals surface area contributed by atoms with Gasteiger partial charge in [0.25, 0.3) is 0 Å². The highest BCUT2D eigenvalue weighted by Gasteiger charge is 2.53. The van der Waals surface area contributed by atoms with Crippen molar-refractivity contribution < 1.29 is 73.8 Å². The summed E-state index contributed by atoms with van der Waals surface area (Å²) in [6.07, 6.45) is -14.6. The second kappa shape index (κ2) is 20.5. The van der Waals surface area contributed by atoms with Gasteiger partial charge in [-0.3, -0.25) is 0 Å². The lowest BCUT2D eigenvalue weighted by atomic mass is 9.83. The van der Waals surface area contributed by atoms with Crippen LogP contribution in [0, 0.1) is 18.3 Å². The Labute approximate surface area is 323 Å². The Balaban J connectivity index is 1.35. The van der Waals surface area contributed by atoms with Crippen LogP contribution < -0.4 is 16.0 Å². The third-order valence-electron chi connectivity index (χ3n) is 10.1. The van der Waals surface area contributed by atoms with Crippen molar-refractivity contribution in [2.24, 2.45) is 5.92 Å². The van der Waals surface area contributed by atoms with Gasteiger partial charge in [0.15, 0.2) is 12.6 Å². The van der Waals surface area contributed by atoms with Gasteiger partial charge in [-0.2, -0.15) is 0 Å². The molecule has 2 aromatic rings.